The summed E-state index contributed by atoms with van der Waals surface area (Å²) in [5, 5.41) is 0. The van der Waals surface area contributed by atoms with E-state index >= 15 is 0 Å². The average Bonchev–Trinajstić information content (AvgIpc) is 3.04. The van der Waals surface area contributed by atoms with E-state index in [1.165, 1.54) is 11.5 Å². The van der Waals surface area contributed by atoms with E-state index in [1.54, 1.807) is 13.3 Å². The second kappa shape index (κ2) is 10.3. The zero-order valence-electron chi connectivity index (χ0n) is 13.9. The Kier molecular flexibility index (Phi) is 8.31. The molecular weight excluding hydrogens is 308 g/mol. The largest absolute Gasteiger partial charge is 0.467 e. The molecular formula is C17H22N4OS. The summed E-state index contributed by atoms with van der Waals surface area (Å²) in [7, 11) is 1.55. The molecule has 0 amide bonds. The van der Waals surface area contributed by atoms with Gasteiger partial charge in [-0.3, -0.25) is 0 Å². The van der Waals surface area contributed by atoms with Crippen LogP contribution in [-0.4, -0.2) is 21.5 Å². The zero-order chi connectivity index (χ0) is 17.1. The van der Waals surface area contributed by atoms with Crippen molar-refractivity contribution in [3.63, 3.8) is 0 Å². The third-order valence-corrected chi connectivity index (χ3v) is 3.40. The minimum Gasteiger partial charge on any atom is -0.467 e. The normalized spacial score (nSPS) is 9.04. The lowest BCUT2D eigenvalue weighted by atomic mass is 10.3. The SMILES string of the molecule is CC.COc1nccc(-c2cc(C)ns2)n1.Nc1ccccc1. The molecule has 0 saturated heterocycles. The number of rotatable bonds is 2. The number of nitrogen functional groups attached to an aromatic ring is 1. The minimum atomic E-state index is 0.383. The summed E-state index contributed by atoms with van der Waals surface area (Å²) >= 11 is 1.43. The summed E-state index contributed by atoms with van der Waals surface area (Å²) in [5.74, 6) is 0. The summed E-state index contributed by atoms with van der Waals surface area (Å²) in [6.07, 6.45) is 1.68. The smallest absolute Gasteiger partial charge is 0.316 e. The summed E-state index contributed by atoms with van der Waals surface area (Å²) in [6.45, 7) is 5.96. The predicted molar refractivity (Wildman–Crippen MR) is 96.6 cm³/mol. The van der Waals surface area contributed by atoms with Gasteiger partial charge in [0, 0.05) is 11.9 Å². The monoisotopic (exact) mass is 330 g/mol. The van der Waals surface area contributed by atoms with Gasteiger partial charge in [0.2, 0.25) is 0 Å². The number of methoxy groups -OCH3 is 1. The van der Waals surface area contributed by atoms with Crippen molar-refractivity contribution in [2.75, 3.05) is 12.8 Å². The highest BCUT2D eigenvalue weighted by Crippen LogP contribution is 2.23. The third kappa shape index (κ3) is 6.44. The number of anilines is 1. The van der Waals surface area contributed by atoms with Gasteiger partial charge >= 0.3 is 6.01 Å². The van der Waals surface area contributed by atoms with Gasteiger partial charge in [-0.2, -0.15) is 9.36 Å². The van der Waals surface area contributed by atoms with Crippen molar-refractivity contribution in [2.24, 2.45) is 0 Å². The van der Waals surface area contributed by atoms with E-state index in [2.05, 4.69) is 14.3 Å². The molecule has 2 aromatic heterocycles. The molecule has 3 aromatic rings. The van der Waals surface area contributed by atoms with Gasteiger partial charge in [0.05, 0.1) is 23.4 Å². The number of para-hydroxylation sites is 1. The molecule has 0 atom stereocenters. The second-order valence-electron chi connectivity index (χ2n) is 4.17. The first kappa shape index (κ1) is 18.6. The molecule has 2 heterocycles. The topological polar surface area (TPSA) is 73.9 Å². The van der Waals surface area contributed by atoms with Crippen molar-refractivity contribution in [3.05, 3.63) is 54.4 Å². The van der Waals surface area contributed by atoms with E-state index < -0.39 is 0 Å². The molecule has 0 aliphatic carbocycles. The van der Waals surface area contributed by atoms with E-state index in [1.807, 2.05) is 63.2 Å². The van der Waals surface area contributed by atoms with Gasteiger partial charge in [-0.1, -0.05) is 32.0 Å². The maximum atomic E-state index is 5.36. The average molecular weight is 330 g/mol. The molecule has 5 nitrogen and oxygen atoms in total. The van der Waals surface area contributed by atoms with E-state index in [0.717, 1.165) is 22.0 Å². The van der Waals surface area contributed by atoms with Crippen molar-refractivity contribution in [2.45, 2.75) is 20.8 Å². The maximum absolute atomic E-state index is 5.36. The van der Waals surface area contributed by atoms with Crippen LogP contribution in [0.15, 0.2) is 48.7 Å². The van der Waals surface area contributed by atoms with Gasteiger partial charge in [0.1, 0.15) is 0 Å². The fourth-order valence-corrected chi connectivity index (χ4v) is 2.24. The highest BCUT2D eigenvalue weighted by Gasteiger charge is 2.04. The van der Waals surface area contributed by atoms with Gasteiger partial charge in [0.15, 0.2) is 0 Å². The number of aryl methyl sites for hydroxylation is 1. The standard InChI is InChI=1S/C9H9N3OS.C6H7N.C2H6/c1-6-5-8(14-12-6)7-3-4-10-9(11-7)13-2;7-6-4-2-1-3-5-6;1-2/h3-5H,1-2H3;1-5H,7H2;1-2H3. The molecule has 0 fully saturated rings. The Bertz CT molecular complexity index is 686. The molecule has 0 unspecified atom stereocenters. The Morgan fingerprint density at radius 2 is 1.78 bits per heavy atom. The molecule has 0 bridgehead atoms. The van der Waals surface area contributed by atoms with Gasteiger partial charge in [0.25, 0.3) is 0 Å². The van der Waals surface area contributed by atoms with Crippen molar-refractivity contribution in [1.29, 1.82) is 0 Å². The molecule has 23 heavy (non-hydrogen) atoms. The van der Waals surface area contributed by atoms with Crippen LogP contribution in [0.5, 0.6) is 6.01 Å². The summed E-state index contributed by atoms with van der Waals surface area (Å²) < 4.78 is 9.13. The van der Waals surface area contributed by atoms with Gasteiger partial charge in [-0.25, -0.2) is 4.98 Å². The van der Waals surface area contributed by atoms with Crippen LogP contribution in [0.2, 0.25) is 0 Å². The lowest BCUT2D eigenvalue weighted by molar-refractivity contribution is 0.380. The van der Waals surface area contributed by atoms with E-state index in [-0.39, 0.29) is 0 Å². The van der Waals surface area contributed by atoms with Gasteiger partial charge in [-0.15, -0.1) is 0 Å². The first-order chi connectivity index (χ1) is 11.2. The molecule has 0 spiro atoms. The lowest BCUT2D eigenvalue weighted by Crippen LogP contribution is -1.91. The summed E-state index contributed by atoms with van der Waals surface area (Å²) in [6, 6.07) is 13.7. The molecule has 1 aromatic carbocycles. The van der Waals surface area contributed by atoms with Crippen LogP contribution in [0.4, 0.5) is 5.69 Å². The number of ether oxygens (including phenoxy) is 1. The Morgan fingerprint density at radius 3 is 2.26 bits per heavy atom. The van der Waals surface area contributed by atoms with Gasteiger partial charge < -0.3 is 10.5 Å². The van der Waals surface area contributed by atoms with Crippen LogP contribution in [0.1, 0.15) is 19.5 Å². The number of nitrogens with two attached hydrogens (primary N) is 1. The van der Waals surface area contributed by atoms with Crippen molar-refractivity contribution >= 4 is 17.2 Å². The predicted octanol–water partition coefficient (Wildman–Crippen LogP) is 4.21. The van der Waals surface area contributed by atoms with Crippen LogP contribution < -0.4 is 10.5 Å². The lowest BCUT2D eigenvalue weighted by Gasteiger charge is -1.98. The second-order valence-corrected chi connectivity index (χ2v) is 4.98. The van der Waals surface area contributed by atoms with Crippen molar-refractivity contribution in [3.8, 4) is 16.6 Å². The van der Waals surface area contributed by atoms with Crippen LogP contribution in [0, 0.1) is 6.92 Å². The Hall–Kier alpha value is -2.47. The molecule has 2 N–H and O–H groups in total. The van der Waals surface area contributed by atoms with Crippen molar-refractivity contribution < 1.29 is 4.74 Å². The number of hydrogen-bond acceptors (Lipinski definition) is 6. The van der Waals surface area contributed by atoms with E-state index in [0.29, 0.717) is 6.01 Å². The van der Waals surface area contributed by atoms with Crippen LogP contribution in [0.3, 0.4) is 0 Å². The van der Waals surface area contributed by atoms with Crippen LogP contribution >= 0.6 is 11.5 Å². The number of nitrogens with zero attached hydrogens (tertiary/aromatic N) is 3. The maximum Gasteiger partial charge on any atom is 0.316 e. The fraction of sp³-hybridized carbons (Fsp3) is 0.235. The number of benzene rings is 1. The van der Waals surface area contributed by atoms with Crippen molar-refractivity contribution in [1.82, 2.24) is 14.3 Å². The number of hydrogen-bond donors (Lipinski definition) is 1. The Labute approximate surface area is 141 Å². The van der Waals surface area contributed by atoms with E-state index in [9.17, 15) is 0 Å². The molecule has 0 aliphatic heterocycles. The van der Waals surface area contributed by atoms with Crippen LogP contribution in [0.25, 0.3) is 10.6 Å². The minimum absolute atomic E-state index is 0.383. The van der Waals surface area contributed by atoms with Gasteiger partial charge in [-0.05, 0) is 42.7 Å². The highest BCUT2D eigenvalue weighted by molar-refractivity contribution is 7.09. The summed E-state index contributed by atoms with van der Waals surface area (Å²) in [5.41, 5.74) is 8.03. The quantitative estimate of drug-likeness (QED) is 0.712. The first-order valence-electron chi connectivity index (χ1n) is 7.30. The third-order valence-electron chi connectivity index (χ3n) is 2.50. The Morgan fingerprint density at radius 1 is 1.09 bits per heavy atom. The fourth-order valence-electron chi connectivity index (χ4n) is 1.51. The van der Waals surface area contributed by atoms with Crippen LogP contribution in [-0.2, 0) is 0 Å². The zero-order valence-corrected chi connectivity index (χ0v) is 14.7. The Balaban J connectivity index is 0.000000247. The summed E-state index contributed by atoms with van der Waals surface area (Å²) in [4.78, 5) is 9.18. The number of aromatic nitrogens is 3. The molecule has 0 saturated carbocycles. The molecule has 0 aliphatic rings. The molecule has 0 radical (unpaired) electrons. The molecule has 122 valence electrons. The first-order valence-corrected chi connectivity index (χ1v) is 8.07. The highest BCUT2D eigenvalue weighted by atomic mass is 32.1. The molecule has 6 heteroatoms. The molecule has 3 rings (SSSR count). The van der Waals surface area contributed by atoms with E-state index in [4.69, 9.17) is 10.5 Å².